The second kappa shape index (κ2) is 6.10. The second-order valence-corrected chi connectivity index (χ2v) is 5.81. The number of aromatic nitrogens is 4. The summed E-state index contributed by atoms with van der Waals surface area (Å²) in [5.74, 6) is -0.906. The van der Waals surface area contributed by atoms with E-state index in [2.05, 4.69) is 15.1 Å². The van der Waals surface area contributed by atoms with Gasteiger partial charge in [0.25, 0.3) is 11.5 Å². The largest absolute Gasteiger partial charge is 0.461 e. The van der Waals surface area contributed by atoms with Crippen LogP contribution in [0.3, 0.4) is 0 Å². The lowest BCUT2D eigenvalue weighted by Crippen LogP contribution is -2.24. The van der Waals surface area contributed by atoms with Gasteiger partial charge in [0.15, 0.2) is 5.69 Å². The second-order valence-electron chi connectivity index (χ2n) is 5.81. The van der Waals surface area contributed by atoms with E-state index in [1.165, 1.54) is 11.0 Å². The summed E-state index contributed by atoms with van der Waals surface area (Å²) < 4.78 is 5.98. The highest BCUT2D eigenvalue weighted by molar-refractivity contribution is 5.97. The van der Waals surface area contributed by atoms with Gasteiger partial charge in [-0.25, -0.2) is 4.79 Å². The Labute approximate surface area is 147 Å². The van der Waals surface area contributed by atoms with E-state index in [1.807, 2.05) is 12.1 Å². The van der Waals surface area contributed by atoms with Crippen LogP contribution in [-0.2, 0) is 17.8 Å². The van der Waals surface area contributed by atoms with Crippen molar-refractivity contribution in [3.05, 3.63) is 63.5 Å². The SMILES string of the molecule is CCOC(=O)c1cc2[nH]c3c(c(=O)n2n1)CN(Cc1ccccn1)C3=O. The zero-order valence-electron chi connectivity index (χ0n) is 13.9. The fourth-order valence-corrected chi connectivity index (χ4v) is 2.93. The molecule has 0 unspecified atom stereocenters. The Morgan fingerprint density at radius 2 is 2.19 bits per heavy atom. The number of rotatable bonds is 4. The average Bonchev–Trinajstić information content (AvgIpc) is 3.20. The molecule has 0 atom stereocenters. The summed E-state index contributed by atoms with van der Waals surface area (Å²) in [5, 5.41) is 4.00. The van der Waals surface area contributed by atoms with Gasteiger partial charge in [-0.15, -0.1) is 0 Å². The third-order valence-corrected chi connectivity index (χ3v) is 4.13. The molecule has 4 rings (SSSR count). The maximum atomic E-state index is 12.7. The summed E-state index contributed by atoms with van der Waals surface area (Å²) in [5.41, 5.74) is 1.12. The zero-order chi connectivity index (χ0) is 18.3. The molecular weight excluding hydrogens is 338 g/mol. The number of pyridine rings is 1. The number of fused-ring (bicyclic) bond motifs is 2. The van der Waals surface area contributed by atoms with Gasteiger partial charge in [-0.05, 0) is 19.1 Å². The summed E-state index contributed by atoms with van der Waals surface area (Å²) in [6, 6.07) is 6.85. The molecule has 9 nitrogen and oxygen atoms in total. The van der Waals surface area contributed by atoms with Crippen molar-refractivity contribution in [2.45, 2.75) is 20.0 Å². The number of hydrogen-bond acceptors (Lipinski definition) is 6. The summed E-state index contributed by atoms with van der Waals surface area (Å²) in [4.78, 5) is 45.8. The van der Waals surface area contributed by atoms with Gasteiger partial charge in [-0.3, -0.25) is 14.6 Å². The fourth-order valence-electron chi connectivity index (χ4n) is 2.93. The number of aromatic amines is 1. The van der Waals surface area contributed by atoms with Crippen molar-refractivity contribution in [1.29, 1.82) is 0 Å². The lowest BCUT2D eigenvalue weighted by Gasteiger charge is -2.14. The molecule has 26 heavy (non-hydrogen) atoms. The van der Waals surface area contributed by atoms with Crippen LogP contribution in [0.2, 0.25) is 0 Å². The highest BCUT2D eigenvalue weighted by Gasteiger charge is 2.32. The van der Waals surface area contributed by atoms with Gasteiger partial charge >= 0.3 is 5.97 Å². The minimum Gasteiger partial charge on any atom is -0.461 e. The first kappa shape index (κ1) is 16.0. The quantitative estimate of drug-likeness (QED) is 0.693. The van der Waals surface area contributed by atoms with Crippen molar-refractivity contribution in [3.63, 3.8) is 0 Å². The first-order valence-electron chi connectivity index (χ1n) is 8.09. The molecule has 3 aromatic heterocycles. The topological polar surface area (TPSA) is 110 Å². The van der Waals surface area contributed by atoms with Gasteiger partial charge in [0.2, 0.25) is 0 Å². The van der Waals surface area contributed by atoms with Gasteiger partial charge < -0.3 is 14.6 Å². The molecule has 1 aliphatic rings. The maximum absolute atomic E-state index is 12.7. The number of amides is 1. The molecule has 4 heterocycles. The number of nitrogens with zero attached hydrogens (tertiary/aromatic N) is 4. The molecule has 0 bridgehead atoms. The molecule has 1 amide bonds. The van der Waals surface area contributed by atoms with Crippen molar-refractivity contribution < 1.29 is 14.3 Å². The number of H-pyrrole nitrogens is 1. The molecular formula is C17H15N5O4. The summed E-state index contributed by atoms with van der Waals surface area (Å²) in [6.07, 6.45) is 1.65. The Hall–Kier alpha value is -3.49. The lowest BCUT2D eigenvalue weighted by atomic mass is 10.2. The molecule has 0 saturated carbocycles. The van der Waals surface area contributed by atoms with Crippen molar-refractivity contribution >= 4 is 17.5 Å². The van der Waals surface area contributed by atoms with E-state index >= 15 is 0 Å². The van der Waals surface area contributed by atoms with Gasteiger partial charge in [0, 0.05) is 12.3 Å². The van der Waals surface area contributed by atoms with E-state index in [1.54, 1.807) is 19.2 Å². The van der Waals surface area contributed by atoms with E-state index in [-0.39, 0.29) is 36.1 Å². The van der Waals surface area contributed by atoms with Crippen molar-refractivity contribution in [3.8, 4) is 0 Å². The van der Waals surface area contributed by atoms with Gasteiger partial charge in [-0.2, -0.15) is 9.61 Å². The summed E-state index contributed by atoms with van der Waals surface area (Å²) in [6.45, 7) is 2.35. The molecule has 0 aliphatic carbocycles. The van der Waals surface area contributed by atoms with Gasteiger partial charge in [0.05, 0.1) is 31.0 Å². The van der Waals surface area contributed by atoms with E-state index in [0.29, 0.717) is 12.1 Å². The Balaban J connectivity index is 1.70. The Morgan fingerprint density at radius 3 is 2.92 bits per heavy atom. The predicted octanol–water partition coefficient (Wildman–Crippen LogP) is 0.750. The normalized spacial score (nSPS) is 13.3. The number of nitrogens with one attached hydrogen (secondary N) is 1. The lowest BCUT2D eigenvalue weighted by molar-refractivity contribution is 0.0519. The first-order valence-corrected chi connectivity index (χ1v) is 8.09. The molecule has 0 fully saturated rings. The summed E-state index contributed by atoms with van der Waals surface area (Å²) >= 11 is 0. The van der Waals surface area contributed by atoms with Crippen LogP contribution >= 0.6 is 0 Å². The van der Waals surface area contributed by atoms with Crippen LogP contribution in [0.25, 0.3) is 5.65 Å². The molecule has 1 aliphatic heterocycles. The monoisotopic (exact) mass is 353 g/mol. The molecule has 132 valence electrons. The minimum absolute atomic E-state index is 0.0154. The Morgan fingerprint density at radius 1 is 1.35 bits per heavy atom. The minimum atomic E-state index is -0.618. The smallest absolute Gasteiger partial charge is 0.358 e. The van der Waals surface area contributed by atoms with Crippen LogP contribution in [0.15, 0.2) is 35.3 Å². The number of ether oxygens (including phenoxy) is 1. The van der Waals surface area contributed by atoms with Crippen LogP contribution in [0, 0.1) is 0 Å². The summed E-state index contributed by atoms with van der Waals surface area (Å²) in [7, 11) is 0. The van der Waals surface area contributed by atoms with Crippen molar-refractivity contribution in [2.24, 2.45) is 0 Å². The first-order chi connectivity index (χ1) is 12.6. The van der Waals surface area contributed by atoms with Crippen LogP contribution < -0.4 is 5.56 Å². The molecule has 3 aromatic rings. The maximum Gasteiger partial charge on any atom is 0.358 e. The molecule has 0 aromatic carbocycles. The highest BCUT2D eigenvalue weighted by atomic mass is 16.5. The molecule has 0 saturated heterocycles. The zero-order valence-corrected chi connectivity index (χ0v) is 13.9. The predicted molar refractivity (Wildman–Crippen MR) is 89.6 cm³/mol. The average molecular weight is 353 g/mol. The number of esters is 1. The van der Waals surface area contributed by atoms with Crippen LogP contribution in [0.4, 0.5) is 0 Å². The van der Waals surface area contributed by atoms with E-state index in [4.69, 9.17) is 4.74 Å². The highest BCUT2D eigenvalue weighted by Crippen LogP contribution is 2.20. The van der Waals surface area contributed by atoms with E-state index in [0.717, 1.165) is 10.2 Å². The van der Waals surface area contributed by atoms with E-state index < -0.39 is 11.5 Å². The molecule has 9 heteroatoms. The van der Waals surface area contributed by atoms with Crippen LogP contribution in [-0.4, -0.2) is 43.0 Å². The fraction of sp³-hybridized carbons (Fsp3) is 0.235. The number of carbonyl (C=O) groups excluding carboxylic acids is 2. The van der Waals surface area contributed by atoms with Gasteiger partial charge in [0.1, 0.15) is 11.3 Å². The van der Waals surface area contributed by atoms with Crippen molar-refractivity contribution in [2.75, 3.05) is 6.61 Å². The van der Waals surface area contributed by atoms with Gasteiger partial charge in [-0.1, -0.05) is 6.07 Å². The molecule has 0 spiro atoms. The molecule has 0 radical (unpaired) electrons. The third-order valence-electron chi connectivity index (χ3n) is 4.13. The Kier molecular flexibility index (Phi) is 3.76. The number of carbonyl (C=O) groups is 2. The Bertz CT molecular complexity index is 1070. The van der Waals surface area contributed by atoms with E-state index in [9.17, 15) is 14.4 Å². The third kappa shape index (κ3) is 2.53. The van der Waals surface area contributed by atoms with Crippen molar-refractivity contribution in [1.82, 2.24) is 24.5 Å². The van der Waals surface area contributed by atoms with Crippen LogP contribution in [0.5, 0.6) is 0 Å². The standard InChI is InChI=1S/C17H15N5O4/c1-2-26-17(25)12-7-13-19-14-11(15(23)22(13)20-12)9-21(16(14)24)8-10-5-3-4-6-18-10/h3-7,19H,2,8-9H2,1H3. The number of hydrogen-bond donors (Lipinski definition) is 1. The van der Waals surface area contributed by atoms with Crippen LogP contribution in [0.1, 0.15) is 39.2 Å². The molecule has 1 N–H and O–H groups in total.